The molecule has 0 bridgehead atoms. The van der Waals surface area contributed by atoms with Gasteiger partial charge in [-0.3, -0.25) is 9.69 Å². The summed E-state index contributed by atoms with van der Waals surface area (Å²) in [4.78, 5) is 13.1. The second-order valence-corrected chi connectivity index (χ2v) is 5.96. The number of fused-ring (bicyclic) bond motifs is 1. The Morgan fingerprint density at radius 2 is 2.30 bits per heavy atom. The molecule has 1 aromatic rings. The lowest BCUT2D eigenvalue weighted by molar-refractivity contribution is -0.578. The summed E-state index contributed by atoms with van der Waals surface area (Å²) in [5.74, 6) is -2.38. The van der Waals surface area contributed by atoms with E-state index in [0.29, 0.717) is 31.5 Å². The molecule has 6 nitrogen and oxygen atoms in total. The molecule has 1 aromatic carbocycles. The van der Waals surface area contributed by atoms with Crippen LogP contribution < -0.4 is 15.0 Å². The zero-order valence-corrected chi connectivity index (χ0v) is 14.0. The van der Waals surface area contributed by atoms with Gasteiger partial charge in [0.2, 0.25) is 5.91 Å². The number of ether oxygens (including phenoxy) is 1. The van der Waals surface area contributed by atoms with Crippen LogP contribution in [0.4, 0.5) is 23.2 Å². The van der Waals surface area contributed by atoms with Crippen molar-refractivity contribution in [3.05, 3.63) is 55.1 Å². The molecule has 3 rings (SSSR count). The van der Waals surface area contributed by atoms with Crippen LogP contribution >= 0.6 is 0 Å². The van der Waals surface area contributed by atoms with Gasteiger partial charge in [0.1, 0.15) is 0 Å². The lowest BCUT2D eigenvalue weighted by Gasteiger charge is -2.33. The molecule has 1 saturated heterocycles. The van der Waals surface area contributed by atoms with Gasteiger partial charge in [-0.05, 0) is 23.3 Å². The first kappa shape index (κ1) is 18.9. The smallest absolute Gasteiger partial charge is 0.403 e. The van der Waals surface area contributed by atoms with E-state index in [0.717, 1.165) is 18.2 Å². The molecule has 1 unspecified atom stereocenters. The van der Waals surface area contributed by atoms with Crippen LogP contribution in [-0.4, -0.2) is 36.6 Å². The molecule has 0 aliphatic carbocycles. The van der Waals surface area contributed by atoms with E-state index in [1.165, 1.54) is 6.07 Å². The van der Waals surface area contributed by atoms with Crippen LogP contribution in [0.2, 0.25) is 0 Å². The quantitative estimate of drug-likeness (QED) is 0.480. The number of anilines is 1. The van der Waals surface area contributed by atoms with Gasteiger partial charge in [-0.1, -0.05) is 11.3 Å². The molecule has 2 aliphatic rings. The molecule has 1 amide bonds. The molecule has 2 aliphatic heterocycles. The Hall–Kier alpha value is -2.91. The van der Waals surface area contributed by atoms with Crippen LogP contribution in [0.25, 0.3) is 0 Å². The molecule has 1 N–H and O–H groups in total. The van der Waals surface area contributed by atoms with E-state index in [9.17, 15) is 22.4 Å². The van der Waals surface area contributed by atoms with Crippen LogP contribution in [0.15, 0.2) is 48.2 Å². The Balaban J connectivity index is 0.00000280. The standard InChI is InChI=1S/C17H16F4N4O2.H2/c1-2-15(26)22-8-11-9-24(16-5-6-23-25(16)10-11)12-3-4-14(13(18)7-12)27-17(19,20)21;/h2-7,11H,1,8-10H2,(H,22,26);1H/q+1;. The summed E-state index contributed by atoms with van der Waals surface area (Å²) >= 11 is 0. The molecule has 1 atom stereocenters. The summed E-state index contributed by atoms with van der Waals surface area (Å²) in [5, 5.41) is 6.89. The second kappa shape index (κ2) is 7.37. The number of nitrogens with zero attached hydrogens (tertiary/aromatic N) is 3. The number of hydrogen-bond acceptors (Lipinski definition) is 4. The number of carbonyl (C=O) groups excluding carboxylic acids is 1. The number of carbonyl (C=O) groups is 1. The maximum atomic E-state index is 14.1. The molecule has 10 heteroatoms. The average Bonchev–Trinajstić information content (AvgIpc) is 3.08. The normalized spacial score (nSPS) is 19.5. The van der Waals surface area contributed by atoms with Crippen LogP contribution in [0, 0.1) is 17.9 Å². The summed E-state index contributed by atoms with van der Waals surface area (Å²) < 4.78 is 56.4. The topological polar surface area (TPSA) is 56.9 Å². The van der Waals surface area contributed by atoms with E-state index in [1.807, 2.05) is 0 Å². The summed E-state index contributed by atoms with van der Waals surface area (Å²) in [7, 11) is 0. The van der Waals surface area contributed by atoms with Gasteiger partial charge in [0.25, 0.3) is 0 Å². The molecular weight excluding hydrogens is 368 g/mol. The maximum Gasteiger partial charge on any atom is 0.573 e. The van der Waals surface area contributed by atoms with E-state index in [-0.39, 0.29) is 13.3 Å². The van der Waals surface area contributed by atoms with Gasteiger partial charge in [-0.15, -0.1) is 13.2 Å². The first-order valence-electron chi connectivity index (χ1n) is 8.02. The van der Waals surface area contributed by atoms with E-state index in [4.69, 9.17) is 0 Å². The fraction of sp³-hybridized carbons (Fsp3) is 0.294. The Morgan fingerprint density at radius 1 is 1.52 bits per heavy atom. The number of halogens is 4. The number of azo groups is 2. The molecule has 0 aromatic heterocycles. The minimum atomic E-state index is -4.97. The van der Waals surface area contributed by atoms with Crippen molar-refractivity contribution in [1.29, 1.82) is 0 Å². The Labute approximate surface area is 153 Å². The average molecular weight is 386 g/mol. The molecule has 145 valence electrons. The lowest BCUT2D eigenvalue weighted by Crippen LogP contribution is -2.49. The van der Waals surface area contributed by atoms with Crippen LogP contribution in [0.5, 0.6) is 5.75 Å². The number of amides is 1. The molecule has 0 spiro atoms. The number of nitrogens with one attached hydrogen (secondary N) is 1. The second-order valence-electron chi connectivity index (χ2n) is 5.96. The number of alkyl halides is 3. The van der Waals surface area contributed by atoms with Crippen molar-refractivity contribution in [2.24, 2.45) is 11.0 Å². The number of rotatable bonds is 5. The van der Waals surface area contributed by atoms with Crippen molar-refractivity contribution < 1.29 is 33.2 Å². The summed E-state index contributed by atoms with van der Waals surface area (Å²) in [6.07, 6.45) is 0.154. The first-order valence-corrected chi connectivity index (χ1v) is 8.02. The predicted molar refractivity (Wildman–Crippen MR) is 89.2 cm³/mol. The van der Waals surface area contributed by atoms with Crippen LogP contribution in [0.3, 0.4) is 0 Å². The minimum Gasteiger partial charge on any atom is -0.403 e. The van der Waals surface area contributed by atoms with E-state index in [1.54, 1.807) is 21.9 Å². The van der Waals surface area contributed by atoms with Gasteiger partial charge in [0.15, 0.2) is 18.1 Å². The SMILES string of the molecule is C=CC(=O)NCC1CN(c2ccc(OC(F)(F)F)c(F)c2)[C]2C=CN=[N+]2C1.[HH]. The van der Waals surface area contributed by atoms with Crippen molar-refractivity contribution in [1.82, 2.24) is 5.32 Å². The number of hydrogen-bond donors (Lipinski definition) is 1. The zero-order valence-electron chi connectivity index (χ0n) is 14.0. The summed E-state index contributed by atoms with van der Waals surface area (Å²) in [5.41, 5.74) is 0.350. The third-order valence-corrected chi connectivity index (χ3v) is 4.05. The Morgan fingerprint density at radius 3 is 2.96 bits per heavy atom. The van der Waals surface area contributed by atoms with Crippen molar-refractivity contribution >= 4 is 11.6 Å². The number of benzene rings is 1. The van der Waals surface area contributed by atoms with Gasteiger partial charge >= 0.3 is 12.5 Å². The highest BCUT2D eigenvalue weighted by atomic mass is 19.4. The zero-order chi connectivity index (χ0) is 19.6. The Bertz CT molecular complexity index is 813. The largest absolute Gasteiger partial charge is 0.573 e. The summed E-state index contributed by atoms with van der Waals surface area (Å²) in [6, 6.07) is 3.25. The fourth-order valence-corrected chi connectivity index (χ4v) is 2.90. The van der Waals surface area contributed by atoms with Gasteiger partial charge in [-0.25, -0.2) is 4.39 Å². The third kappa shape index (κ3) is 4.44. The maximum absolute atomic E-state index is 14.1. The van der Waals surface area contributed by atoms with Crippen LogP contribution in [-0.2, 0) is 4.79 Å². The molecule has 1 radical (unpaired) electrons. The van der Waals surface area contributed by atoms with Crippen molar-refractivity contribution in [2.75, 3.05) is 24.5 Å². The lowest BCUT2D eigenvalue weighted by atomic mass is 10.0. The minimum absolute atomic E-state index is 0. The third-order valence-electron chi connectivity index (χ3n) is 4.05. The molecular formula is C17H18F4N4O2+. The van der Waals surface area contributed by atoms with E-state index in [2.05, 4.69) is 21.7 Å². The van der Waals surface area contributed by atoms with Crippen LogP contribution in [0.1, 0.15) is 1.43 Å². The molecule has 0 saturated carbocycles. The highest BCUT2D eigenvalue weighted by molar-refractivity contribution is 5.86. The highest BCUT2D eigenvalue weighted by Crippen LogP contribution is 2.34. The highest BCUT2D eigenvalue weighted by Gasteiger charge is 2.42. The van der Waals surface area contributed by atoms with Crippen molar-refractivity contribution in [3.8, 4) is 5.75 Å². The summed E-state index contributed by atoms with van der Waals surface area (Å²) in [6.45, 7) is 4.68. The van der Waals surface area contributed by atoms with E-state index < -0.39 is 17.9 Å². The van der Waals surface area contributed by atoms with Gasteiger partial charge in [0, 0.05) is 32.3 Å². The molecule has 1 fully saturated rings. The van der Waals surface area contributed by atoms with E-state index >= 15 is 0 Å². The fourth-order valence-electron chi connectivity index (χ4n) is 2.90. The predicted octanol–water partition coefficient (Wildman–Crippen LogP) is 3.19. The monoisotopic (exact) mass is 386 g/mol. The first-order chi connectivity index (χ1) is 12.8. The van der Waals surface area contributed by atoms with Crippen molar-refractivity contribution in [3.63, 3.8) is 0 Å². The van der Waals surface area contributed by atoms with Gasteiger partial charge in [-0.2, -0.15) is 0 Å². The Kier molecular flexibility index (Phi) is 5.15. The van der Waals surface area contributed by atoms with Gasteiger partial charge < -0.3 is 10.1 Å². The molecule has 2 heterocycles. The van der Waals surface area contributed by atoms with Gasteiger partial charge in [0.05, 0.1) is 12.1 Å². The van der Waals surface area contributed by atoms with Crippen molar-refractivity contribution in [2.45, 2.75) is 6.36 Å². The molecule has 27 heavy (non-hydrogen) atoms.